The number of aromatic nitrogens is 1. The second-order valence-corrected chi connectivity index (χ2v) is 9.42. The fourth-order valence-corrected chi connectivity index (χ4v) is 5.32. The molecule has 0 unspecified atom stereocenters. The van der Waals surface area contributed by atoms with Gasteiger partial charge in [-0.1, -0.05) is 6.07 Å². The largest absolute Gasteiger partial charge is 0.325 e. The lowest BCUT2D eigenvalue weighted by Crippen LogP contribution is -2.50. The summed E-state index contributed by atoms with van der Waals surface area (Å²) in [6.07, 6.45) is 1.65. The summed E-state index contributed by atoms with van der Waals surface area (Å²) in [7, 11) is -3.68. The fourth-order valence-electron chi connectivity index (χ4n) is 3.72. The summed E-state index contributed by atoms with van der Waals surface area (Å²) >= 11 is 0. The van der Waals surface area contributed by atoms with E-state index in [2.05, 4.69) is 10.3 Å². The molecule has 0 bridgehead atoms. The number of sulfonamides is 1. The van der Waals surface area contributed by atoms with Crippen LogP contribution in [0.1, 0.15) is 5.56 Å². The molecule has 1 saturated heterocycles. The Labute approximate surface area is 180 Å². The van der Waals surface area contributed by atoms with Crippen molar-refractivity contribution < 1.29 is 17.6 Å². The molecule has 31 heavy (non-hydrogen) atoms. The first-order valence-electron chi connectivity index (χ1n) is 9.97. The van der Waals surface area contributed by atoms with E-state index >= 15 is 0 Å². The highest BCUT2D eigenvalue weighted by Crippen LogP contribution is 2.27. The molecule has 0 radical (unpaired) electrons. The van der Waals surface area contributed by atoms with Crippen LogP contribution in [0.4, 0.5) is 10.1 Å². The molecule has 2 heterocycles. The molecule has 1 N–H and O–H groups in total. The Morgan fingerprint density at radius 3 is 2.48 bits per heavy atom. The molecule has 2 aromatic carbocycles. The van der Waals surface area contributed by atoms with Gasteiger partial charge in [0.1, 0.15) is 5.82 Å². The van der Waals surface area contributed by atoms with Gasteiger partial charge < -0.3 is 5.32 Å². The first-order chi connectivity index (χ1) is 14.8. The maximum atomic E-state index is 13.3. The van der Waals surface area contributed by atoms with Crippen LogP contribution in [0.15, 0.2) is 59.6 Å². The molecule has 9 heteroatoms. The molecule has 1 aliphatic heterocycles. The van der Waals surface area contributed by atoms with Gasteiger partial charge in [0.15, 0.2) is 0 Å². The zero-order valence-corrected chi connectivity index (χ0v) is 17.9. The van der Waals surface area contributed by atoms with E-state index in [4.69, 9.17) is 0 Å². The zero-order valence-electron chi connectivity index (χ0n) is 17.1. The minimum Gasteiger partial charge on any atom is -0.325 e. The van der Waals surface area contributed by atoms with Crippen LogP contribution in [0.5, 0.6) is 0 Å². The van der Waals surface area contributed by atoms with E-state index in [1.807, 2.05) is 11.8 Å². The smallest absolute Gasteiger partial charge is 0.243 e. The lowest BCUT2D eigenvalue weighted by atomic mass is 10.1. The molecule has 1 aliphatic rings. The number of piperazine rings is 1. The average Bonchev–Trinajstić information content (AvgIpc) is 2.76. The van der Waals surface area contributed by atoms with Gasteiger partial charge in [0.25, 0.3) is 0 Å². The number of carbonyl (C=O) groups excluding carboxylic acids is 1. The second kappa shape index (κ2) is 8.70. The zero-order chi connectivity index (χ0) is 22.0. The number of hydrogen-bond acceptors (Lipinski definition) is 5. The summed E-state index contributed by atoms with van der Waals surface area (Å²) in [6.45, 7) is 3.52. The van der Waals surface area contributed by atoms with E-state index in [0.717, 1.165) is 5.56 Å². The topological polar surface area (TPSA) is 82.6 Å². The molecule has 3 aromatic rings. The number of carbonyl (C=O) groups is 1. The van der Waals surface area contributed by atoms with Crippen LogP contribution in [-0.2, 0) is 14.8 Å². The number of nitrogens with one attached hydrogen (secondary N) is 1. The van der Waals surface area contributed by atoms with Crippen LogP contribution in [0.25, 0.3) is 10.9 Å². The number of halogens is 1. The highest BCUT2D eigenvalue weighted by molar-refractivity contribution is 7.89. The average molecular weight is 443 g/mol. The molecular weight excluding hydrogens is 419 g/mol. The number of benzene rings is 2. The van der Waals surface area contributed by atoms with Crippen molar-refractivity contribution in [2.24, 2.45) is 0 Å². The molecule has 0 spiro atoms. The van der Waals surface area contributed by atoms with Crippen molar-refractivity contribution in [3.63, 3.8) is 0 Å². The Kier molecular flexibility index (Phi) is 5.99. The van der Waals surface area contributed by atoms with E-state index < -0.39 is 10.0 Å². The van der Waals surface area contributed by atoms with Crippen LogP contribution in [0, 0.1) is 12.7 Å². The maximum absolute atomic E-state index is 13.3. The number of hydrogen-bond donors (Lipinski definition) is 1. The van der Waals surface area contributed by atoms with Gasteiger partial charge in [0, 0.05) is 43.4 Å². The molecule has 0 aliphatic carbocycles. The summed E-state index contributed by atoms with van der Waals surface area (Å²) in [5, 5.41) is 3.34. The van der Waals surface area contributed by atoms with E-state index in [9.17, 15) is 17.6 Å². The van der Waals surface area contributed by atoms with Gasteiger partial charge in [-0.25, -0.2) is 12.8 Å². The van der Waals surface area contributed by atoms with Crippen molar-refractivity contribution in [1.29, 1.82) is 0 Å². The van der Waals surface area contributed by atoms with Crippen LogP contribution < -0.4 is 5.32 Å². The molecular formula is C22H23FN4O3S. The van der Waals surface area contributed by atoms with Crippen molar-refractivity contribution in [1.82, 2.24) is 14.2 Å². The minimum atomic E-state index is -3.68. The highest BCUT2D eigenvalue weighted by atomic mass is 32.2. The molecule has 0 atom stereocenters. The Hall–Kier alpha value is -2.88. The molecule has 1 fully saturated rings. The van der Waals surface area contributed by atoms with Gasteiger partial charge >= 0.3 is 0 Å². The van der Waals surface area contributed by atoms with E-state index in [-0.39, 0.29) is 23.2 Å². The second-order valence-electron chi connectivity index (χ2n) is 7.52. The third-order valence-corrected chi connectivity index (χ3v) is 7.33. The fraction of sp³-hybridized carbons (Fsp3) is 0.273. The summed E-state index contributed by atoms with van der Waals surface area (Å²) < 4.78 is 41.0. The van der Waals surface area contributed by atoms with Gasteiger partial charge in [-0.05, 0) is 55.0 Å². The predicted molar refractivity (Wildman–Crippen MR) is 117 cm³/mol. The number of rotatable bonds is 5. The van der Waals surface area contributed by atoms with Gasteiger partial charge in [-0.15, -0.1) is 0 Å². The van der Waals surface area contributed by atoms with Crippen LogP contribution in [0.2, 0.25) is 0 Å². The van der Waals surface area contributed by atoms with Crippen LogP contribution >= 0.6 is 0 Å². The van der Waals surface area contributed by atoms with E-state index in [0.29, 0.717) is 42.8 Å². The number of pyridine rings is 1. The van der Waals surface area contributed by atoms with Crippen molar-refractivity contribution in [3.05, 3.63) is 66.1 Å². The number of aryl methyl sites for hydroxylation is 1. The Morgan fingerprint density at radius 2 is 1.77 bits per heavy atom. The molecule has 1 aromatic heterocycles. The van der Waals surface area contributed by atoms with Gasteiger partial charge in [-0.3, -0.25) is 14.7 Å². The Morgan fingerprint density at radius 1 is 1.06 bits per heavy atom. The van der Waals surface area contributed by atoms with Gasteiger partial charge in [0.2, 0.25) is 15.9 Å². The lowest BCUT2D eigenvalue weighted by Gasteiger charge is -2.33. The lowest BCUT2D eigenvalue weighted by molar-refractivity contribution is -0.117. The Bertz CT molecular complexity index is 1210. The van der Waals surface area contributed by atoms with Crippen LogP contribution in [0.3, 0.4) is 0 Å². The number of fused-ring (bicyclic) bond motifs is 1. The first kappa shape index (κ1) is 21.4. The number of amides is 1. The van der Waals surface area contributed by atoms with Gasteiger partial charge in [-0.2, -0.15) is 4.31 Å². The number of nitrogens with zero attached hydrogens (tertiary/aromatic N) is 3. The summed E-state index contributed by atoms with van der Waals surface area (Å²) in [6, 6.07) is 12.5. The standard InChI is InChI=1S/C22H23FN4O3S/c1-16-4-9-20(19-3-2-10-24-22(16)19)31(29,30)27-13-11-26(12-14-27)15-21(28)25-18-7-5-17(23)6-8-18/h2-10H,11-15H2,1H3,(H,25,28). The number of anilines is 1. The molecule has 162 valence electrons. The maximum Gasteiger partial charge on any atom is 0.243 e. The molecule has 7 nitrogen and oxygen atoms in total. The summed E-state index contributed by atoms with van der Waals surface area (Å²) in [5.74, 6) is -0.592. The third kappa shape index (κ3) is 4.58. The summed E-state index contributed by atoms with van der Waals surface area (Å²) in [5.41, 5.74) is 2.12. The van der Waals surface area contributed by atoms with Gasteiger partial charge in [0.05, 0.1) is 17.0 Å². The van der Waals surface area contributed by atoms with Crippen molar-refractivity contribution in [3.8, 4) is 0 Å². The molecule has 4 rings (SSSR count). The summed E-state index contributed by atoms with van der Waals surface area (Å²) in [4.78, 5) is 18.7. The van der Waals surface area contributed by atoms with Crippen molar-refractivity contribution in [2.45, 2.75) is 11.8 Å². The van der Waals surface area contributed by atoms with Crippen molar-refractivity contribution in [2.75, 3.05) is 38.0 Å². The van der Waals surface area contributed by atoms with E-state index in [1.54, 1.807) is 30.5 Å². The Balaban J connectivity index is 1.41. The molecule has 0 saturated carbocycles. The van der Waals surface area contributed by atoms with Crippen molar-refractivity contribution >= 4 is 32.5 Å². The quantitative estimate of drug-likeness (QED) is 0.657. The predicted octanol–water partition coefficient (Wildman–Crippen LogP) is 2.63. The first-order valence-corrected chi connectivity index (χ1v) is 11.4. The highest BCUT2D eigenvalue weighted by Gasteiger charge is 2.30. The monoisotopic (exact) mass is 442 g/mol. The normalized spacial score (nSPS) is 15.8. The molecule has 1 amide bonds. The van der Waals surface area contributed by atoms with E-state index in [1.165, 1.54) is 28.6 Å². The van der Waals surface area contributed by atoms with Crippen LogP contribution in [-0.4, -0.2) is 61.2 Å². The SMILES string of the molecule is Cc1ccc(S(=O)(=O)N2CCN(CC(=O)Nc3ccc(F)cc3)CC2)c2cccnc12. The minimum absolute atomic E-state index is 0.142. The third-order valence-electron chi connectivity index (χ3n) is 5.38.